The van der Waals surface area contributed by atoms with Gasteiger partial charge in [0.2, 0.25) is 10.0 Å². The van der Waals surface area contributed by atoms with Gasteiger partial charge in [0.1, 0.15) is 4.90 Å². The number of hydrogen-bond donors (Lipinski definition) is 1. The molecular formula is C13H17F3N2O2S. The van der Waals surface area contributed by atoms with E-state index in [1.165, 1.54) is 0 Å². The molecule has 0 amide bonds. The minimum atomic E-state index is -4.20. The molecule has 2 rings (SSSR count). The lowest BCUT2D eigenvalue weighted by molar-refractivity contribution is 0.242. The number of hydrogen-bond acceptors (Lipinski definition) is 3. The first-order valence-corrected chi connectivity index (χ1v) is 8.08. The fourth-order valence-electron chi connectivity index (χ4n) is 2.47. The summed E-state index contributed by atoms with van der Waals surface area (Å²) in [5, 5.41) is 0. The van der Waals surface area contributed by atoms with Crippen molar-refractivity contribution < 1.29 is 21.6 Å². The first kappa shape index (κ1) is 16.3. The van der Waals surface area contributed by atoms with Gasteiger partial charge < -0.3 is 5.73 Å². The molecule has 4 nitrogen and oxygen atoms in total. The number of nitrogens with zero attached hydrogens (tertiary/aromatic N) is 1. The van der Waals surface area contributed by atoms with Crippen LogP contribution < -0.4 is 5.73 Å². The summed E-state index contributed by atoms with van der Waals surface area (Å²) in [4.78, 5) is -0.841. The molecule has 1 fully saturated rings. The van der Waals surface area contributed by atoms with E-state index in [1.54, 1.807) is 6.92 Å². The molecule has 1 aliphatic heterocycles. The summed E-state index contributed by atoms with van der Waals surface area (Å²) in [5.41, 5.74) is 5.78. The van der Waals surface area contributed by atoms with Crippen LogP contribution in [-0.4, -0.2) is 31.9 Å². The molecule has 118 valence electrons. The van der Waals surface area contributed by atoms with Crippen molar-refractivity contribution in [3.8, 4) is 0 Å². The van der Waals surface area contributed by atoms with Gasteiger partial charge in [-0.05, 0) is 37.8 Å². The quantitative estimate of drug-likeness (QED) is 0.864. The van der Waals surface area contributed by atoms with Crippen molar-refractivity contribution in [2.75, 3.05) is 13.1 Å². The van der Waals surface area contributed by atoms with E-state index in [0.717, 1.165) is 16.8 Å². The summed E-state index contributed by atoms with van der Waals surface area (Å²) in [6, 6.07) is 1.16. The summed E-state index contributed by atoms with van der Waals surface area (Å²) < 4.78 is 65.8. The van der Waals surface area contributed by atoms with Crippen LogP contribution in [0.4, 0.5) is 13.2 Å². The molecule has 1 aromatic carbocycles. The highest BCUT2D eigenvalue weighted by Crippen LogP contribution is 2.27. The molecule has 1 saturated heterocycles. The third-order valence-corrected chi connectivity index (χ3v) is 5.66. The smallest absolute Gasteiger partial charge is 0.246 e. The normalized spacial score (nSPS) is 22.2. The van der Waals surface area contributed by atoms with Crippen molar-refractivity contribution in [2.24, 2.45) is 11.7 Å². The van der Waals surface area contributed by atoms with E-state index in [1.807, 2.05) is 0 Å². The topological polar surface area (TPSA) is 63.4 Å². The lowest BCUT2D eigenvalue weighted by Crippen LogP contribution is -2.45. The van der Waals surface area contributed by atoms with Crippen LogP contribution in [0.15, 0.2) is 17.0 Å². The van der Waals surface area contributed by atoms with Gasteiger partial charge in [-0.25, -0.2) is 21.6 Å². The van der Waals surface area contributed by atoms with E-state index >= 15 is 0 Å². The third-order valence-electron chi connectivity index (χ3n) is 3.78. The van der Waals surface area contributed by atoms with Gasteiger partial charge in [0, 0.05) is 19.1 Å². The zero-order chi connectivity index (χ0) is 15.8. The van der Waals surface area contributed by atoms with E-state index < -0.39 is 32.4 Å². The Kier molecular flexibility index (Phi) is 4.60. The zero-order valence-electron chi connectivity index (χ0n) is 11.5. The molecule has 1 aromatic rings. The fraction of sp³-hybridized carbons (Fsp3) is 0.538. The summed E-state index contributed by atoms with van der Waals surface area (Å²) in [6.45, 7) is 2.14. The van der Waals surface area contributed by atoms with Crippen LogP contribution in [0.25, 0.3) is 0 Å². The van der Waals surface area contributed by atoms with Gasteiger partial charge in [-0.1, -0.05) is 0 Å². The predicted octanol–water partition coefficient (Wildman–Crippen LogP) is 1.85. The van der Waals surface area contributed by atoms with Crippen LogP contribution in [0.2, 0.25) is 0 Å². The highest BCUT2D eigenvalue weighted by atomic mass is 32.2. The first-order chi connectivity index (χ1) is 9.75. The Morgan fingerprint density at radius 2 is 1.95 bits per heavy atom. The van der Waals surface area contributed by atoms with Crippen molar-refractivity contribution in [1.29, 1.82) is 0 Å². The highest BCUT2D eigenvalue weighted by Gasteiger charge is 2.34. The maximum Gasteiger partial charge on any atom is 0.246 e. The molecule has 8 heteroatoms. The molecular weight excluding hydrogens is 305 g/mol. The zero-order valence-corrected chi connectivity index (χ0v) is 12.3. The summed E-state index contributed by atoms with van der Waals surface area (Å²) in [7, 11) is -4.20. The summed E-state index contributed by atoms with van der Waals surface area (Å²) in [5.74, 6) is -4.92. The van der Waals surface area contributed by atoms with Gasteiger partial charge in [0.25, 0.3) is 0 Å². The van der Waals surface area contributed by atoms with Crippen molar-refractivity contribution in [1.82, 2.24) is 4.31 Å². The molecule has 1 aliphatic rings. The Hall–Kier alpha value is -1.12. The van der Waals surface area contributed by atoms with Crippen LogP contribution in [0.3, 0.4) is 0 Å². The highest BCUT2D eigenvalue weighted by molar-refractivity contribution is 7.89. The number of nitrogens with two attached hydrogens (primary N) is 1. The summed E-state index contributed by atoms with van der Waals surface area (Å²) >= 11 is 0. The van der Waals surface area contributed by atoms with Crippen molar-refractivity contribution >= 4 is 10.0 Å². The second kappa shape index (κ2) is 5.94. The van der Waals surface area contributed by atoms with Crippen molar-refractivity contribution in [2.45, 2.75) is 30.7 Å². The molecule has 0 spiro atoms. The standard InChI is InChI=1S/C13H17F3N2O2S/c1-8(17)9-3-2-6-18(7-9)21(19,20)11-5-4-10(14)12(15)13(11)16/h4-5,8-9H,2-3,6-7,17H2,1H3/t8-,9-/m0/s1. The molecule has 1 heterocycles. The molecule has 0 aliphatic carbocycles. The average Bonchev–Trinajstić information content (AvgIpc) is 2.44. The van der Waals surface area contributed by atoms with Gasteiger partial charge >= 0.3 is 0 Å². The Morgan fingerprint density at radius 3 is 2.57 bits per heavy atom. The van der Waals surface area contributed by atoms with Gasteiger partial charge in [0.05, 0.1) is 0 Å². The molecule has 2 atom stereocenters. The number of piperidine rings is 1. The maximum atomic E-state index is 13.7. The molecule has 0 saturated carbocycles. The van der Waals surface area contributed by atoms with Crippen LogP contribution in [-0.2, 0) is 10.0 Å². The molecule has 2 N–H and O–H groups in total. The van der Waals surface area contributed by atoms with Crippen LogP contribution in [0.5, 0.6) is 0 Å². The SMILES string of the molecule is C[C@H](N)[C@H]1CCCN(S(=O)(=O)c2ccc(F)c(F)c2F)C1. The Balaban J connectivity index is 2.36. The van der Waals surface area contributed by atoms with E-state index in [2.05, 4.69) is 0 Å². The van der Waals surface area contributed by atoms with E-state index in [4.69, 9.17) is 5.73 Å². The van der Waals surface area contributed by atoms with Gasteiger partial charge in [0.15, 0.2) is 17.5 Å². The number of rotatable bonds is 3. The third kappa shape index (κ3) is 3.07. The lowest BCUT2D eigenvalue weighted by Gasteiger charge is -2.33. The Bertz CT molecular complexity index is 635. The predicted molar refractivity (Wildman–Crippen MR) is 71.4 cm³/mol. The van der Waals surface area contributed by atoms with Gasteiger partial charge in [-0.15, -0.1) is 0 Å². The van der Waals surface area contributed by atoms with Crippen LogP contribution in [0, 0.1) is 23.4 Å². The van der Waals surface area contributed by atoms with E-state index in [0.29, 0.717) is 12.5 Å². The van der Waals surface area contributed by atoms with Gasteiger partial charge in [-0.2, -0.15) is 4.31 Å². The molecule has 0 bridgehead atoms. The largest absolute Gasteiger partial charge is 0.328 e. The maximum absolute atomic E-state index is 13.7. The molecule has 0 aromatic heterocycles. The average molecular weight is 322 g/mol. The second-order valence-electron chi connectivity index (χ2n) is 5.30. The molecule has 0 unspecified atom stereocenters. The molecule has 0 radical (unpaired) electrons. The molecule has 21 heavy (non-hydrogen) atoms. The fourth-order valence-corrected chi connectivity index (χ4v) is 4.06. The van der Waals surface area contributed by atoms with Crippen molar-refractivity contribution in [3.05, 3.63) is 29.6 Å². The number of sulfonamides is 1. The minimum Gasteiger partial charge on any atom is -0.328 e. The minimum absolute atomic E-state index is 0.0399. The van der Waals surface area contributed by atoms with E-state index in [9.17, 15) is 21.6 Å². The first-order valence-electron chi connectivity index (χ1n) is 6.64. The number of benzene rings is 1. The van der Waals surface area contributed by atoms with Crippen molar-refractivity contribution in [3.63, 3.8) is 0 Å². The Labute approximate surface area is 121 Å². The lowest BCUT2D eigenvalue weighted by atomic mass is 9.93. The summed E-state index contributed by atoms with van der Waals surface area (Å²) in [6.07, 6.45) is 1.38. The van der Waals surface area contributed by atoms with Gasteiger partial charge in [-0.3, -0.25) is 0 Å². The van der Waals surface area contributed by atoms with E-state index in [-0.39, 0.29) is 25.0 Å². The van der Waals surface area contributed by atoms with Crippen LogP contribution >= 0.6 is 0 Å². The second-order valence-corrected chi connectivity index (χ2v) is 7.20. The number of halogens is 3. The Morgan fingerprint density at radius 1 is 1.29 bits per heavy atom. The monoisotopic (exact) mass is 322 g/mol. The van der Waals surface area contributed by atoms with Crippen LogP contribution in [0.1, 0.15) is 19.8 Å².